The summed E-state index contributed by atoms with van der Waals surface area (Å²) < 4.78 is 23.2. The zero-order valence-electron chi connectivity index (χ0n) is 9.45. The van der Waals surface area contributed by atoms with Crippen LogP contribution in [-0.2, 0) is 9.84 Å². The van der Waals surface area contributed by atoms with Crippen molar-refractivity contribution in [3.8, 4) is 0 Å². The van der Waals surface area contributed by atoms with Crippen LogP contribution in [0.1, 0.15) is 0 Å². The molecule has 0 unspecified atom stereocenters. The van der Waals surface area contributed by atoms with Gasteiger partial charge in [0.2, 0.25) is 5.95 Å². The standard InChI is InChI=1S/C11H12N4O2S/c12-8-18(16,17)10-4-1-3-9(7-10)15-11-13-5-2-6-14-11/h1-7H,8,12H2,(H,13,14,15). The summed E-state index contributed by atoms with van der Waals surface area (Å²) in [5.41, 5.74) is 5.80. The van der Waals surface area contributed by atoms with Gasteiger partial charge in [0.15, 0.2) is 9.84 Å². The van der Waals surface area contributed by atoms with Gasteiger partial charge >= 0.3 is 0 Å². The maximum Gasteiger partial charge on any atom is 0.227 e. The number of sulfone groups is 1. The normalized spacial score (nSPS) is 11.2. The number of hydrogen-bond acceptors (Lipinski definition) is 6. The summed E-state index contributed by atoms with van der Waals surface area (Å²) in [4.78, 5) is 8.15. The lowest BCUT2D eigenvalue weighted by molar-refractivity contribution is 0.596. The third-order valence-corrected chi connectivity index (χ3v) is 3.65. The molecular weight excluding hydrogens is 252 g/mol. The molecule has 1 aromatic carbocycles. The van der Waals surface area contributed by atoms with E-state index in [4.69, 9.17) is 5.73 Å². The van der Waals surface area contributed by atoms with E-state index in [0.717, 1.165) is 0 Å². The highest BCUT2D eigenvalue weighted by atomic mass is 32.2. The van der Waals surface area contributed by atoms with Gasteiger partial charge in [0, 0.05) is 18.1 Å². The smallest absolute Gasteiger partial charge is 0.227 e. The lowest BCUT2D eigenvalue weighted by atomic mass is 10.3. The summed E-state index contributed by atoms with van der Waals surface area (Å²) >= 11 is 0. The number of anilines is 2. The van der Waals surface area contributed by atoms with Crippen LogP contribution in [0.25, 0.3) is 0 Å². The fourth-order valence-corrected chi connectivity index (χ4v) is 2.14. The first-order valence-electron chi connectivity index (χ1n) is 5.19. The predicted octanol–water partition coefficient (Wildman–Crippen LogP) is 0.910. The van der Waals surface area contributed by atoms with Crippen LogP contribution >= 0.6 is 0 Å². The average Bonchev–Trinajstić information content (AvgIpc) is 2.40. The number of rotatable bonds is 4. The molecular formula is C11H12N4O2S. The van der Waals surface area contributed by atoms with E-state index in [-0.39, 0.29) is 4.90 Å². The van der Waals surface area contributed by atoms with E-state index in [1.54, 1.807) is 30.6 Å². The van der Waals surface area contributed by atoms with E-state index in [9.17, 15) is 8.42 Å². The molecule has 0 amide bonds. The summed E-state index contributed by atoms with van der Waals surface area (Å²) in [5, 5.41) is 2.91. The van der Waals surface area contributed by atoms with Crippen LogP contribution in [0.3, 0.4) is 0 Å². The third kappa shape index (κ3) is 2.82. The predicted molar refractivity (Wildman–Crippen MR) is 68.0 cm³/mol. The van der Waals surface area contributed by atoms with Gasteiger partial charge in [-0.2, -0.15) is 0 Å². The molecule has 2 aromatic rings. The molecule has 0 radical (unpaired) electrons. The Morgan fingerprint density at radius 2 is 1.89 bits per heavy atom. The van der Waals surface area contributed by atoms with Crippen molar-refractivity contribution >= 4 is 21.5 Å². The Balaban J connectivity index is 2.29. The van der Waals surface area contributed by atoms with Gasteiger partial charge in [-0.15, -0.1) is 0 Å². The molecule has 1 aromatic heterocycles. The SMILES string of the molecule is NCS(=O)(=O)c1cccc(Nc2ncccn2)c1. The zero-order valence-corrected chi connectivity index (χ0v) is 10.3. The molecule has 3 N–H and O–H groups in total. The monoisotopic (exact) mass is 264 g/mol. The molecule has 0 saturated carbocycles. The molecule has 18 heavy (non-hydrogen) atoms. The van der Waals surface area contributed by atoms with Crippen LogP contribution in [0, 0.1) is 0 Å². The van der Waals surface area contributed by atoms with Crippen molar-refractivity contribution in [1.82, 2.24) is 9.97 Å². The second-order valence-corrected chi connectivity index (χ2v) is 5.54. The van der Waals surface area contributed by atoms with Gasteiger partial charge in [-0.3, -0.25) is 0 Å². The molecule has 1 heterocycles. The molecule has 0 fully saturated rings. The van der Waals surface area contributed by atoms with Gasteiger partial charge in [-0.1, -0.05) is 6.07 Å². The first kappa shape index (κ1) is 12.5. The van der Waals surface area contributed by atoms with Gasteiger partial charge in [0.25, 0.3) is 0 Å². The Bertz CT molecular complexity index is 629. The van der Waals surface area contributed by atoms with Crippen LogP contribution in [0.2, 0.25) is 0 Å². The third-order valence-electron chi connectivity index (χ3n) is 2.23. The largest absolute Gasteiger partial charge is 0.324 e. The second-order valence-electron chi connectivity index (χ2n) is 3.51. The van der Waals surface area contributed by atoms with Crippen molar-refractivity contribution in [3.63, 3.8) is 0 Å². The van der Waals surface area contributed by atoms with Crippen LogP contribution in [0.15, 0.2) is 47.6 Å². The van der Waals surface area contributed by atoms with Crippen molar-refractivity contribution in [3.05, 3.63) is 42.7 Å². The van der Waals surface area contributed by atoms with Crippen LogP contribution in [-0.4, -0.2) is 24.3 Å². The summed E-state index contributed by atoms with van der Waals surface area (Å²) in [7, 11) is -3.42. The number of hydrogen-bond donors (Lipinski definition) is 2. The fraction of sp³-hybridized carbons (Fsp3) is 0.0909. The van der Waals surface area contributed by atoms with Gasteiger partial charge in [0.05, 0.1) is 4.90 Å². The quantitative estimate of drug-likeness (QED) is 0.851. The van der Waals surface area contributed by atoms with E-state index in [1.807, 2.05) is 0 Å². The van der Waals surface area contributed by atoms with E-state index in [1.165, 1.54) is 12.1 Å². The van der Waals surface area contributed by atoms with Crippen molar-refractivity contribution in [1.29, 1.82) is 0 Å². The first-order chi connectivity index (χ1) is 8.62. The number of nitrogens with zero attached hydrogens (tertiary/aromatic N) is 2. The van der Waals surface area contributed by atoms with Gasteiger partial charge in [0.1, 0.15) is 5.88 Å². The Labute approximate surface area is 105 Å². The molecule has 94 valence electrons. The first-order valence-corrected chi connectivity index (χ1v) is 6.84. The highest BCUT2D eigenvalue weighted by Gasteiger charge is 2.12. The van der Waals surface area contributed by atoms with Gasteiger partial charge in [-0.05, 0) is 24.3 Å². The molecule has 2 rings (SSSR count). The minimum Gasteiger partial charge on any atom is -0.324 e. The lowest BCUT2D eigenvalue weighted by Crippen LogP contribution is -2.14. The molecule has 0 aliphatic carbocycles. The number of nitrogens with two attached hydrogens (primary N) is 1. The lowest BCUT2D eigenvalue weighted by Gasteiger charge is -2.06. The minimum absolute atomic E-state index is 0.172. The van der Waals surface area contributed by atoms with E-state index in [0.29, 0.717) is 11.6 Å². The average molecular weight is 264 g/mol. The zero-order chi connectivity index (χ0) is 13.0. The maximum absolute atomic E-state index is 11.6. The Hall–Kier alpha value is -1.99. The van der Waals surface area contributed by atoms with Gasteiger partial charge < -0.3 is 11.1 Å². The highest BCUT2D eigenvalue weighted by molar-refractivity contribution is 7.91. The summed E-state index contributed by atoms with van der Waals surface area (Å²) in [5.74, 6) is -0.0158. The molecule has 0 bridgehead atoms. The van der Waals surface area contributed by atoms with Crippen molar-refractivity contribution in [2.24, 2.45) is 5.73 Å². The summed E-state index contributed by atoms with van der Waals surface area (Å²) in [6.45, 7) is 0. The molecule has 0 aliphatic heterocycles. The van der Waals surface area contributed by atoms with Crippen molar-refractivity contribution in [2.75, 3.05) is 11.2 Å². The Morgan fingerprint density at radius 3 is 2.56 bits per heavy atom. The molecule has 0 spiro atoms. The van der Waals surface area contributed by atoms with E-state index >= 15 is 0 Å². The Morgan fingerprint density at radius 1 is 1.17 bits per heavy atom. The Kier molecular flexibility index (Phi) is 3.54. The van der Waals surface area contributed by atoms with Crippen LogP contribution in [0.5, 0.6) is 0 Å². The summed E-state index contributed by atoms with van der Waals surface area (Å²) in [6.07, 6.45) is 3.19. The van der Waals surface area contributed by atoms with Gasteiger partial charge in [-0.25, -0.2) is 18.4 Å². The van der Waals surface area contributed by atoms with Crippen molar-refractivity contribution < 1.29 is 8.42 Å². The highest BCUT2D eigenvalue weighted by Crippen LogP contribution is 2.18. The molecule has 0 aliphatic rings. The minimum atomic E-state index is -3.42. The second kappa shape index (κ2) is 5.11. The number of nitrogens with one attached hydrogen (secondary N) is 1. The number of aromatic nitrogens is 2. The molecule has 0 atom stereocenters. The van der Waals surface area contributed by atoms with Crippen LogP contribution in [0.4, 0.5) is 11.6 Å². The molecule has 6 nitrogen and oxygen atoms in total. The van der Waals surface area contributed by atoms with E-state index < -0.39 is 15.7 Å². The fourth-order valence-electron chi connectivity index (χ4n) is 1.36. The maximum atomic E-state index is 11.6. The summed E-state index contributed by atoms with van der Waals surface area (Å²) in [6, 6.07) is 8.05. The number of benzene rings is 1. The molecule has 0 saturated heterocycles. The molecule has 7 heteroatoms. The van der Waals surface area contributed by atoms with E-state index in [2.05, 4.69) is 15.3 Å². The topological polar surface area (TPSA) is 98.0 Å². The van der Waals surface area contributed by atoms with Crippen molar-refractivity contribution in [2.45, 2.75) is 4.90 Å². The van der Waals surface area contributed by atoms with Crippen LogP contribution < -0.4 is 11.1 Å².